The number of hydrogen-bond donors (Lipinski definition) is 1. The molecule has 1 saturated heterocycles. The molecule has 0 spiro atoms. The molecule has 0 aliphatic carbocycles. The Kier molecular flexibility index (Phi) is 3.92. The van der Waals surface area contributed by atoms with Crippen LogP contribution in [0.1, 0.15) is 24.5 Å². The maximum Gasteiger partial charge on any atom is 0.119 e. The average molecular weight is 269 g/mol. The molecule has 4 heteroatoms. The summed E-state index contributed by atoms with van der Waals surface area (Å²) in [5.74, 6) is 1.29. The Balaban J connectivity index is 1.99. The number of ether oxygens (including phenoxy) is 1. The third-order valence-electron chi connectivity index (χ3n) is 3.75. The molecule has 1 fully saturated rings. The molecule has 0 unspecified atom stereocenters. The highest BCUT2D eigenvalue weighted by atomic mass is 16.5. The van der Waals surface area contributed by atoms with Crippen molar-refractivity contribution in [2.24, 2.45) is 0 Å². The Bertz CT molecular complexity index is 579. The second kappa shape index (κ2) is 6.01. The first-order valence-corrected chi connectivity index (χ1v) is 7.04. The van der Waals surface area contributed by atoms with Crippen molar-refractivity contribution in [3.63, 3.8) is 0 Å². The van der Waals surface area contributed by atoms with E-state index in [9.17, 15) is 0 Å². The van der Waals surface area contributed by atoms with Crippen LogP contribution in [0.2, 0.25) is 0 Å². The quantitative estimate of drug-likeness (QED) is 0.930. The van der Waals surface area contributed by atoms with Gasteiger partial charge in [-0.2, -0.15) is 0 Å². The molecule has 2 heterocycles. The molecule has 1 atom stereocenters. The molecule has 20 heavy (non-hydrogen) atoms. The maximum atomic E-state index is 5.30. The van der Waals surface area contributed by atoms with Crippen LogP contribution in [0.3, 0.4) is 0 Å². The fourth-order valence-electron chi connectivity index (χ4n) is 2.73. The van der Waals surface area contributed by atoms with Crippen molar-refractivity contribution in [2.45, 2.75) is 18.8 Å². The fourth-order valence-corrected chi connectivity index (χ4v) is 2.73. The molecule has 1 N–H and O–H groups in total. The Hall–Kier alpha value is -1.94. The van der Waals surface area contributed by atoms with Gasteiger partial charge in [0.15, 0.2) is 0 Å². The third-order valence-corrected chi connectivity index (χ3v) is 3.75. The number of rotatable bonds is 3. The topological polar surface area (TPSA) is 47.0 Å². The van der Waals surface area contributed by atoms with Crippen molar-refractivity contribution >= 4 is 0 Å². The van der Waals surface area contributed by atoms with E-state index in [1.54, 1.807) is 19.5 Å². The van der Waals surface area contributed by atoms with Gasteiger partial charge in [-0.15, -0.1) is 0 Å². The van der Waals surface area contributed by atoms with Gasteiger partial charge in [0.25, 0.3) is 0 Å². The van der Waals surface area contributed by atoms with Crippen molar-refractivity contribution in [3.05, 3.63) is 42.4 Å². The highest BCUT2D eigenvalue weighted by molar-refractivity contribution is 5.64. The monoisotopic (exact) mass is 269 g/mol. The van der Waals surface area contributed by atoms with Crippen molar-refractivity contribution in [2.75, 3.05) is 20.2 Å². The van der Waals surface area contributed by atoms with Crippen LogP contribution in [0.4, 0.5) is 0 Å². The standard InChI is InChI=1S/C16H19N3O/c1-20-14-6-2-4-12(10-14)15-16(19-9-8-18-15)13-5-3-7-17-11-13/h2,4,6,8-10,13,17H,3,5,7,11H2,1H3/t13-/m0/s1. The zero-order valence-corrected chi connectivity index (χ0v) is 11.7. The smallest absolute Gasteiger partial charge is 0.119 e. The lowest BCUT2D eigenvalue weighted by atomic mass is 9.92. The van der Waals surface area contributed by atoms with E-state index >= 15 is 0 Å². The number of methoxy groups -OCH3 is 1. The first-order valence-electron chi connectivity index (χ1n) is 7.04. The fraction of sp³-hybridized carbons (Fsp3) is 0.375. The zero-order chi connectivity index (χ0) is 13.8. The summed E-state index contributed by atoms with van der Waals surface area (Å²) in [6, 6.07) is 8.02. The number of nitrogens with one attached hydrogen (secondary N) is 1. The summed E-state index contributed by atoms with van der Waals surface area (Å²) in [5.41, 5.74) is 3.13. The van der Waals surface area contributed by atoms with Gasteiger partial charge in [-0.05, 0) is 31.5 Å². The lowest BCUT2D eigenvalue weighted by Crippen LogP contribution is -2.29. The highest BCUT2D eigenvalue weighted by Crippen LogP contribution is 2.30. The third kappa shape index (κ3) is 2.65. The van der Waals surface area contributed by atoms with Crippen LogP contribution in [-0.4, -0.2) is 30.2 Å². The normalized spacial score (nSPS) is 18.8. The molecule has 1 aromatic heterocycles. The molecule has 1 aliphatic rings. The Morgan fingerprint density at radius 1 is 1.25 bits per heavy atom. The van der Waals surface area contributed by atoms with Gasteiger partial charge in [0.1, 0.15) is 5.75 Å². The summed E-state index contributed by atoms with van der Waals surface area (Å²) in [6.07, 6.45) is 5.91. The van der Waals surface area contributed by atoms with Gasteiger partial charge in [-0.3, -0.25) is 9.97 Å². The van der Waals surface area contributed by atoms with Gasteiger partial charge >= 0.3 is 0 Å². The lowest BCUT2D eigenvalue weighted by Gasteiger charge is -2.23. The van der Waals surface area contributed by atoms with Crippen LogP contribution in [0.25, 0.3) is 11.3 Å². The number of nitrogens with zero attached hydrogens (tertiary/aromatic N) is 2. The van der Waals surface area contributed by atoms with Gasteiger partial charge < -0.3 is 10.1 Å². The van der Waals surface area contributed by atoms with Crippen LogP contribution < -0.4 is 10.1 Å². The van der Waals surface area contributed by atoms with E-state index in [-0.39, 0.29) is 0 Å². The van der Waals surface area contributed by atoms with Crippen LogP contribution in [0.15, 0.2) is 36.7 Å². The van der Waals surface area contributed by atoms with Crippen LogP contribution in [-0.2, 0) is 0 Å². The average Bonchev–Trinajstić information content (AvgIpc) is 2.56. The number of hydrogen-bond acceptors (Lipinski definition) is 4. The maximum absolute atomic E-state index is 5.30. The van der Waals surface area contributed by atoms with Gasteiger partial charge in [-0.1, -0.05) is 12.1 Å². The zero-order valence-electron chi connectivity index (χ0n) is 11.7. The van der Waals surface area contributed by atoms with E-state index in [1.165, 1.54) is 12.8 Å². The molecule has 0 radical (unpaired) electrons. The molecule has 0 bridgehead atoms. The van der Waals surface area contributed by atoms with Crippen molar-refractivity contribution < 1.29 is 4.74 Å². The molecule has 1 aliphatic heterocycles. The van der Waals surface area contributed by atoms with E-state index in [4.69, 9.17) is 4.74 Å². The summed E-state index contributed by atoms with van der Waals surface area (Å²) in [6.45, 7) is 2.08. The van der Waals surface area contributed by atoms with E-state index in [0.29, 0.717) is 5.92 Å². The molecule has 2 aromatic rings. The van der Waals surface area contributed by atoms with E-state index in [1.807, 2.05) is 18.2 Å². The first kappa shape index (κ1) is 13.1. The summed E-state index contributed by atoms with van der Waals surface area (Å²) in [5, 5.41) is 3.44. The van der Waals surface area contributed by atoms with Crippen LogP contribution in [0, 0.1) is 0 Å². The van der Waals surface area contributed by atoms with Gasteiger partial charge in [0.2, 0.25) is 0 Å². The molecule has 3 rings (SSSR count). The van der Waals surface area contributed by atoms with Crippen LogP contribution in [0.5, 0.6) is 5.75 Å². The predicted molar refractivity (Wildman–Crippen MR) is 78.9 cm³/mol. The number of benzene rings is 1. The van der Waals surface area contributed by atoms with Gasteiger partial charge in [-0.25, -0.2) is 0 Å². The molecule has 0 saturated carbocycles. The molecule has 104 valence electrons. The van der Waals surface area contributed by atoms with E-state index in [2.05, 4.69) is 21.4 Å². The molecular formula is C16H19N3O. The molecule has 4 nitrogen and oxygen atoms in total. The van der Waals surface area contributed by atoms with Crippen LogP contribution >= 0.6 is 0 Å². The highest BCUT2D eigenvalue weighted by Gasteiger charge is 2.21. The Morgan fingerprint density at radius 2 is 2.15 bits per heavy atom. The SMILES string of the molecule is COc1cccc(-c2nccnc2[C@H]2CCCNC2)c1. The summed E-state index contributed by atoms with van der Waals surface area (Å²) < 4.78 is 5.30. The second-order valence-electron chi connectivity index (χ2n) is 5.07. The second-order valence-corrected chi connectivity index (χ2v) is 5.07. The van der Waals surface area contributed by atoms with Gasteiger partial charge in [0.05, 0.1) is 18.5 Å². The Morgan fingerprint density at radius 3 is 2.95 bits per heavy atom. The Labute approximate surface area is 119 Å². The minimum Gasteiger partial charge on any atom is -0.497 e. The van der Waals surface area contributed by atoms with Crippen molar-refractivity contribution in [1.82, 2.24) is 15.3 Å². The predicted octanol–water partition coefficient (Wildman–Crippen LogP) is 2.62. The van der Waals surface area contributed by atoms with Crippen molar-refractivity contribution in [1.29, 1.82) is 0 Å². The molecule has 0 amide bonds. The minimum absolute atomic E-state index is 0.443. The van der Waals surface area contributed by atoms with E-state index in [0.717, 1.165) is 35.8 Å². The number of aromatic nitrogens is 2. The summed E-state index contributed by atoms with van der Waals surface area (Å²) in [7, 11) is 1.68. The number of piperidine rings is 1. The first-order chi connectivity index (χ1) is 9.88. The molecule has 1 aromatic carbocycles. The van der Waals surface area contributed by atoms with Crippen molar-refractivity contribution in [3.8, 4) is 17.0 Å². The van der Waals surface area contributed by atoms with Gasteiger partial charge in [0, 0.05) is 30.4 Å². The molecular weight excluding hydrogens is 250 g/mol. The lowest BCUT2D eigenvalue weighted by molar-refractivity contribution is 0.415. The largest absolute Gasteiger partial charge is 0.497 e. The minimum atomic E-state index is 0.443. The summed E-state index contributed by atoms with van der Waals surface area (Å²) >= 11 is 0. The summed E-state index contributed by atoms with van der Waals surface area (Å²) in [4.78, 5) is 9.14. The van der Waals surface area contributed by atoms with E-state index < -0.39 is 0 Å².